The van der Waals surface area contributed by atoms with Crippen molar-refractivity contribution in [2.24, 2.45) is 0 Å². The molecule has 130 valence electrons. The fourth-order valence-corrected chi connectivity index (χ4v) is 2.86. The van der Waals surface area contributed by atoms with Crippen LogP contribution in [0.15, 0.2) is 61.1 Å². The first-order chi connectivity index (χ1) is 11.9. The lowest BCUT2D eigenvalue weighted by molar-refractivity contribution is 0.170. The molecule has 25 heavy (non-hydrogen) atoms. The SMILES string of the molecule is CN(C)C(C)(C)Cn1ccc(-c2ccc(F)cc2)c1-c1ccncc1. The molecule has 0 unspecified atom stereocenters. The standard InChI is InChI=1S/C21H24FN3/c1-21(2,24(3)4)15-25-14-11-19(16-5-7-18(22)8-6-16)20(25)17-9-12-23-13-10-17/h5-14H,15H2,1-4H3. The Morgan fingerprint density at radius 2 is 1.60 bits per heavy atom. The monoisotopic (exact) mass is 337 g/mol. The predicted molar refractivity (Wildman–Crippen MR) is 101 cm³/mol. The molecule has 2 aromatic heterocycles. The fraction of sp³-hybridized carbons (Fsp3) is 0.286. The quantitative estimate of drug-likeness (QED) is 0.673. The molecule has 3 nitrogen and oxygen atoms in total. The van der Waals surface area contributed by atoms with Crippen LogP contribution in [-0.2, 0) is 6.54 Å². The zero-order valence-corrected chi connectivity index (χ0v) is 15.2. The zero-order valence-electron chi connectivity index (χ0n) is 15.2. The van der Waals surface area contributed by atoms with E-state index in [4.69, 9.17) is 0 Å². The minimum atomic E-state index is -0.220. The van der Waals surface area contributed by atoms with Gasteiger partial charge in [0.15, 0.2) is 0 Å². The summed E-state index contributed by atoms with van der Waals surface area (Å²) in [4.78, 5) is 6.36. The number of halogens is 1. The van der Waals surface area contributed by atoms with Gasteiger partial charge in [-0.05, 0) is 63.8 Å². The van der Waals surface area contributed by atoms with Gasteiger partial charge in [-0.25, -0.2) is 4.39 Å². The molecular formula is C21H24FN3. The van der Waals surface area contributed by atoms with Gasteiger partial charge in [0.05, 0.1) is 5.69 Å². The first kappa shape index (κ1) is 17.4. The zero-order chi connectivity index (χ0) is 18.0. The van der Waals surface area contributed by atoms with E-state index in [0.29, 0.717) is 0 Å². The smallest absolute Gasteiger partial charge is 0.123 e. The van der Waals surface area contributed by atoms with Crippen LogP contribution in [0.4, 0.5) is 4.39 Å². The van der Waals surface area contributed by atoms with Crippen molar-refractivity contribution >= 4 is 0 Å². The first-order valence-corrected chi connectivity index (χ1v) is 8.41. The highest BCUT2D eigenvalue weighted by molar-refractivity contribution is 5.81. The van der Waals surface area contributed by atoms with Gasteiger partial charge in [-0.1, -0.05) is 12.1 Å². The van der Waals surface area contributed by atoms with E-state index in [9.17, 15) is 4.39 Å². The summed E-state index contributed by atoms with van der Waals surface area (Å²) in [6, 6.07) is 12.8. The molecule has 0 saturated carbocycles. The Hall–Kier alpha value is -2.46. The van der Waals surface area contributed by atoms with E-state index in [1.54, 1.807) is 12.4 Å². The van der Waals surface area contributed by atoms with Crippen LogP contribution in [0, 0.1) is 5.82 Å². The molecule has 0 aliphatic rings. The fourth-order valence-electron chi connectivity index (χ4n) is 2.86. The number of aromatic nitrogens is 2. The molecule has 0 radical (unpaired) electrons. The van der Waals surface area contributed by atoms with E-state index in [2.05, 4.69) is 54.7 Å². The van der Waals surface area contributed by atoms with E-state index in [-0.39, 0.29) is 11.4 Å². The van der Waals surface area contributed by atoms with Crippen molar-refractivity contribution in [3.05, 3.63) is 66.9 Å². The summed E-state index contributed by atoms with van der Waals surface area (Å²) in [7, 11) is 4.19. The van der Waals surface area contributed by atoms with Gasteiger partial charge in [-0.15, -0.1) is 0 Å². The minimum Gasteiger partial charge on any atom is -0.345 e. The second-order valence-electron chi connectivity index (χ2n) is 7.16. The molecule has 2 heterocycles. The summed E-state index contributed by atoms with van der Waals surface area (Å²) in [5.74, 6) is -0.220. The average molecular weight is 337 g/mol. The highest BCUT2D eigenvalue weighted by atomic mass is 19.1. The van der Waals surface area contributed by atoms with Gasteiger partial charge in [-0.2, -0.15) is 0 Å². The second-order valence-corrected chi connectivity index (χ2v) is 7.16. The number of rotatable bonds is 5. The third-order valence-electron chi connectivity index (χ3n) is 4.84. The summed E-state index contributed by atoms with van der Waals surface area (Å²) in [6.07, 6.45) is 5.72. The predicted octanol–water partition coefficient (Wildman–Crippen LogP) is 4.70. The Morgan fingerprint density at radius 1 is 0.960 bits per heavy atom. The number of nitrogens with zero attached hydrogens (tertiary/aromatic N) is 3. The number of hydrogen-bond acceptors (Lipinski definition) is 2. The lowest BCUT2D eigenvalue weighted by Gasteiger charge is -2.33. The number of hydrogen-bond donors (Lipinski definition) is 0. The van der Waals surface area contributed by atoms with Gasteiger partial charge >= 0.3 is 0 Å². The van der Waals surface area contributed by atoms with Crippen LogP contribution in [0.2, 0.25) is 0 Å². The molecule has 1 aromatic carbocycles. The lowest BCUT2D eigenvalue weighted by atomic mass is 10.0. The van der Waals surface area contributed by atoms with Crippen molar-refractivity contribution in [1.82, 2.24) is 14.5 Å². The highest BCUT2D eigenvalue weighted by Gasteiger charge is 2.23. The van der Waals surface area contributed by atoms with Crippen LogP contribution in [0.5, 0.6) is 0 Å². The largest absolute Gasteiger partial charge is 0.345 e. The molecule has 3 rings (SSSR count). The Morgan fingerprint density at radius 3 is 2.20 bits per heavy atom. The van der Waals surface area contributed by atoms with E-state index in [0.717, 1.165) is 28.9 Å². The molecule has 0 atom stereocenters. The highest BCUT2D eigenvalue weighted by Crippen LogP contribution is 2.34. The molecule has 0 amide bonds. The minimum absolute atomic E-state index is 0.000859. The molecule has 0 spiro atoms. The van der Waals surface area contributed by atoms with Gasteiger partial charge in [0.2, 0.25) is 0 Å². The molecule has 0 bridgehead atoms. The van der Waals surface area contributed by atoms with Crippen molar-refractivity contribution in [2.75, 3.05) is 14.1 Å². The molecule has 0 aliphatic carbocycles. The molecule has 0 N–H and O–H groups in total. The second kappa shape index (κ2) is 6.81. The van der Waals surface area contributed by atoms with Crippen molar-refractivity contribution < 1.29 is 4.39 Å². The van der Waals surface area contributed by atoms with Crippen LogP contribution >= 0.6 is 0 Å². The summed E-state index contributed by atoms with van der Waals surface area (Å²) in [6.45, 7) is 5.29. The molecule has 0 aliphatic heterocycles. The third-order valence-corrected chi connectivity index (χ3v) is 4.84. The number of pyridine rings is 1. The normalized spacial score (nSPS) is 11.9. The Kier molecular flexibility index (Phi) is 4.73. The molecule has 3 aromatic rings. The Labute approximate surface area is 148 Å². The van der Waals surface area contributed by atoms with E-state index >= 15 is 0 Å². The van der Waals surface area contributed by atoms with Gasteiger partial charge in [0, 0.05) is 41.8 Å². The van der Waals surface area contributed by atoms with Crippen LogP contribution in [0.3, 0.4) is 0 Å². The van der Waals surface area contributed by atoms with Gasteiger partial charge in [0.1, 0.15) is 5.82 Å². The van der Waals surface area contributed by atoms with Gasteiger partial charge in [0.25, 0.3) is 0 Å². The molecule has 0 fully saturated rings. The summed E-state index contributed by atoms with van der Waals surface area (Å²) >= 11 is 0. The van der Waals surface area contributed by atoms with E-state index < -0.39 is 0 Å². The maximum Gasteiger partial charge on any atom is 0.123 e. The van der Waals surface area contributed by atoms with Crippen molar-refractivity contribution in [2.45, 2.75) is 25.9 Å². The van der Waals surface area contributed by atoms with Crippen LogP contribution in [0.25, 0.3) is 22.4 Å². The third kappa shape index (κ3) is 3.64. The molecule has 4 heteroatoms. The topological polar surface area (TPSA) is 21.1 Å². The van der Waals surface area contributed by atoms with Crippen LogP contribution in [0.1, 0.15) is 13.8 Å². The van der Waals surface area contributed by atoms with E-state index in [1.807, 2.05) is 24.3 Å². The maximum atomic E-state index is 13.3. The molecular weight excluding hydrogens is 313 g/mol. The summed E-state index contributed by atoms with van der Waals surface area (Å²) < 4.78 is 15.6. The maximum absolute atomic E-state index is 13.3. The van der Waals surface area contributed by atoms with E-state index in [1.165, 1.54) is 12.1 Å². The number of benzene rings is 1. The Bertz CT molecular complexity index is 833. The molecule has 0 saturated heterocycles. The lowest BCUT2D eigenvalue weighted by Crippen LogP contribution is -2.42. The van der Waals surface area contributed by atoms with Crippen molar-refractivity contribution in [3.63, 3.8) is 0 Å². The van der Waals surface area contributed by atoms with Gasteiger partial charge < -0.3 is 9.47 Å². The van der Waals surface area contributed by atoms with Crippen molar-refractivity contribution in [3.8, 4) is 22.4 Å². The van der Waals surface area contributed by atoms with Gasteiger partial charge in [-0.3, -0.25) is 4.98 Å². The Balaban J connectivity index is 2.12. The summed E-state index contributed by atoms with van der Waals surface area (Å²) in [5, 5.41) is 0. The number of likely N-dealkylation sites (N-methyl/N-ethyl adjacent to an activating group) is 1. The average Bonchev–Trinajstić information content (AvgIpc) is 2.99. The summed E-state index contributed by atoms with van der Waals surface area (Å²) in [5.41, 5.74) is 4.34. The first-order valence-electron chi connectivity index (χ1n) is 8.41. The van der Waals surface area contributed by atoms with Crippen LogP contribution < -0.4 is 0 Å². The van der Waals surface area contributed by atoms with Crippen LogP contribution in [-0.4, -0.2) is 34.1 Å². The van der Waals surface area contributed by atoms with Crippen molar-refractivity contribution in [1.29, 1.82) is 0 Å².